The maximum absolute atomic E-state index is 11.5. The van der Waals surface area contributed by atoms with Crippen molar-refractivity contribution in [1.82, 2.24) is 0 Å². The van der Waals surface area contributed by atoms with Gasteiger partial charge in [0.2, 0.25) is 5.91 Å². The third-order valence-electron chi connectivity index (χ3n) is 5.19. The molecule has 1 unspecified atom stereocenters. The Hall–Kier alpha value is -1.35. The molecule has 3 N–H and O–H groups in total. The molecule has 0 spiro atoms. The van der Waals surface area contributed by atoms with Crippen LogP contribution in [0.15, 0.2) is 18.2 Å². The molecule has 1 saturated carbocycles. The van der Waals surface area contributed by atoms with E-state index in [0.29, 0.717) is 12.3 Å². The Labute approximate surface area is 127 Å². The summed E-state index contributed by atoms with van der Waals surface area (Å²) in [7, 11) is 0. The van der Waals surface area contributed by atoms with Gasteiger partial charge in [0.05, 0.1) is 6.42 Å². The molecule has 1 aliphatic carbocycles. The van der Waals surface area contributed by atoms with Crippen LogP contribution in [0.3, 0.4) is 0 Å². The molecule has 1 fully saturated rings. The van der Waals surface area contributed by atoms with Crippen LogP contribution in [-0.4, -0.2) is 5.91 Å². The smallest absolute Gasteiger partial charge is 0.228 e. The van der Waals surface area contributed by atoms with Gasteiger partial charge in [0.15, 0.2) is 0 Å². The summed E-state index contributed by atoms with van der Waals surface area (Å²) in [6.07, 6.45) is 6.76. The number of hydrogen-bond donors (Lipinski definition) is 2. The number of carbonyl (C=O) groups excluding carboxylic acids is 1. The van der Waals surface area contributed by atoms with E-state index in [0.717, 1.165) is 11.3 Å². The van der Waals surface area contributed by atoms with Gasteiger partial charge in [-0.2, -0.15) is 0 Å². The molecule has 1 atom stereocenters. The molecular weight excluding hydrogens is 260 g/mol. The zero-order valence-corrected chi connectivity index (χ0v) is 13.1. The van der Waals surface area contributed by atoms with Gasteiger partial charge in [0.25, 0.3) is 0 Å². The van der Waals surface area contributed by atoms with Crippen LogP contribution in [0.1, 0.15) is 63.1 Å². The minimum absolute atomic E-state index is 0.0865. The molecule has 1 aromatic rings. The summed E-state index contributed by atoms with van der Waals surface area (Å²) in [4.78, 5) is 11.5. The highest BCUT2D eigenvalue weighted by atomic mass is 16.1. The Morgan fingerprint density at radius 3 is 2.67 bits per heavy atom. The fourth-order valence-corrected chi connectivity index (χ4v) is 4.33. The zero-order chi connectivity index (χ0) is 15.0. The third-order valence-corrected chi connectivity index (χ3v) is 5.19. The first kappa shape index (κ1) is 14.6. The third kappa shape index (κ3) is 2.71. The van der Waals surface area contributed by atoms with Gasteiger partial charge >= 0.3 is 0 Å². The summed E-state index contributed by atoms with van der Waals surface area (Å²) in [6.45, 7) is 4.58. The van der Waals surface area contributed by atoms with E-state index in [1.54, 1.807) is 0 Å². The zero-order valence-electron chi connectivity index (χ0n) is 13.1. The minimum Gasteiger partial charge on any atom is -0.326 e. The van der Waals surface area contributed by atoms with Gasteiger partial charge in [-0.05, 0) is 47.8 Å². The minimum atomic E-state index is 0.0865. The lowest BCUT2D eigenvalue weighted by Crippen LogP contribution is -2.33. The number of amides is 1. The summed E-state index contributed by atoms with van der Waals surface area (Å²) in [5.74, 6) is 0.764. The summed E-state index contributed by atoms with van der Waals surface area (Å²) in [5.41, 5.74) is 10.2. The first-order valence-corrected chi connectivity index (χ1v) is 8.18. The maximum atomic E-state index is 11.5. The Kier molecular flexibility index (Phi) is 3.78. The lowest BCUT2D eigenvalue weighted by molar-refractivity contribution is -0.115. The Bertz CT molecular complexity index is 544. The number of benzene rings is 1. The largest absolute Gasteiger partial charge is 0.326 e. The number of nitrogens with two attached hydrogens (primary N) is 1. The van der Waals surface area contributed by atoms with Crippen molar-refractivity contribution in [3.05, 3.63) is 29.3 Å². The quantitative estimate of drug-likeness (QED) is 0.885. The first-order chi connectivity index (χ1) is 10.00. The van der Waals surface area contributed by atoms with E-state index in [4.69, 9.17) is 5.73 Å². The van der Waals surface area contributed by atoms with Gasteiger partial charge in [-0.3, -0.25) is 4.79 Å². The number of anilines is 1. The second-order valence-electron chi connectivity index (χ2n) is 7.29. The molecule has 0 bridgehead atoms. The lowest BCUT2D eigenvalue weighted by Gasteiger charge is -2.37. The molecular formula is C18H26N2O. The van der Waals surface area contributed by atoms with Gasteiger partial charge < -0.3 is 11.1 Å². The van der Waals surface area contributed by atoms with E-state index in [1.165, 1.54) is 37.7 Å². The monoisotopic (exact) mass is 286 g/mol. The van der Waals surface area contributed by atoms with Crippen LogP contribution >= 0.6 is 0 Å². The Morgan fingerprint density at radius 1 is 1.29 bits per heavy atom. The van der Waals surface area contributed by atoms with Gasteiger partial charge in [0, 0.05) is 11.7 Å². The molecule has 2 aliphatic rings. The predicted octanol–water partition coefficient (Wildman–Crippen LogP) is 3.79. The van der Waals surface area contributed by atoms with Gasteiger partial charge in [-0.1, -0.05) is 38.8 Å². The number of fused-ring (bicyclic) bond motifs is 1. The SMILES string of the molecule is CC(C)CC1(C(N)c2ccc3c(c2)CC(=O)N3)CCCC1. The molecule has 3 nitrogen and oxygen atoms in total. The van der Waals surface area contributed by atoms with Crippen molar-refractivity contribution in [3.63, 3.8) is 0 Å². The highest BCUT2D eigenvalue weighted by Crippen LogP contribution is 2.50. The van der Waals surface area contributed by atoms with E-state index in [9.17, 15) is 4.79 Å². The molecule has 0 saturated heterocycles. The molecule has 21 heavy (non-hydrogen) atoms. The molecule has 114 valence electrons. The molecule has 1 heterocycles. The second-order valence-corrected chi connectivity index (χ2v) is 7.29. The highest BCUT2D eigenvalue weighted by molar-refractivity contribution is 5.99. The van der Waals surface area contributed by atoms with Gasteiger partial charge in [0.1, 0.15) is 0 Å². The van der Waals surface area contributed by atoms with E-state index in [-0.39, 0.29) is 17.4 Å². The van der Waals surface area contributed by atoms with E-state index < -0.39 is 0 Å². The summed E-state index contributed by atoms with van der Waals surface area (Å²) in [5, 5.41) is 2.90. The van der Waals surface area contributed by atoms with Crippen LogP contribution in [0.4, 0.5) is 5.69 Å². The second kappa shape index (κ2) is 5.45. The number of rotatable bonds is 4. The standard InChI is InChI=1S/C18H26N2O/c1-12(2)11-18(7-3-4-8-18)17(19)13-5-6-15-14(9-13)10-16(21)20-15/h5-6,9,12,17H,3-4,7-8,10-11,19H2,1-2H3,(H,20,21). The van der Waals surface area contributed by atoms with Crippen LogP contribution in [-0.2, 0) is 11.2 Å². The van der Waals surface area contributed by atoms with Gasteiger partial charge in [-0.15, -0.1) is 0 Å². The molecule has 1 aliphatic heterocycles. The molecule has 0 radical (unpaired) electrons. The van der Waals surface area contributed by atoms with Crippen LogP contribution in [0.5, 0.6) is 0 Å². The first-order valence-electron chi connectivity index (χ1n) is 8.18. The van der Waals surface area contributed by atoms with Crippen LogP contribution in [0, 0.1) is 11.3 Å². The van der Waals surface area contributed by atoms with Crippen molar-refractivity contribution in [1.29, 1.82) is 0 Å². The van der Waals surface area contributed by atoms with E-state index >= 15 is 0 Å². The average Bonchev–Trinajstić information content (AvgIpc) is 3.02. The highest BCUT2D eigenvalue weighted by Gasteiger charge is 2.40. The molecule has 1 amide bonds. The van der Waals surface area contributed by atoms with E-state index in [2.05, 4.69) is 31.3 Å². The van der Waals surface area contributed by atoms with Crippen molar-refractivity contribution < 1.29 is 4.79 Å². The fraction of sp³-hybridized carbons (Fsp3) is 0.611. The van der Waals surface area contributed by atoms with Crippen LogP contribution in [0.2, 0.25) is 0 Å². The topological polar surface area (TPSA) is 55.1 Å². The normalized spacial score (nSPS) is 21.4. The van der Waals surface area contributed by atoms with Crippen molar-refractivity contribution in [2.75, 3.05) is 5.32 Å². The summed E-state index contributed by atoms with van der Waals surface area (Å²) in [6, 6.07) is 6.37. The average molecular weight is 286 g/mol. The van der Waals surface area contributed by atoms with Gasteiger partial charge in [-0.25, -0.2) is 0 Å². The Morgan fingerprint density at radius 2 is 2.00 bits per heavy atom. The molecule has 3 heteroatoms. The van der Waals surface area contributed by atoms with Crippen molar-refractivity contribution in [2.45, 2.75) is 58.4 Å². The Balaban J connectivity index is 1.88. The number of carbonyl (C=O) groups is 1. The number of nitrogens with one attached hydrogen (secondary N) is 1. The fourth-order valence-electron chi connectivity index (χ4n) is 4.33. The van der Waals surface area contributed by atoms with E-state index in [1.807, 2.05) is 6.07 Å². The van der Waals surface area contributed by atoms with Crippen LogP contribution < -0.4 is 11.1 Å². The number of hydrogen-bond acceptors (Lipinski definition) is 2. The summed E-state index contributed by atoms with van der Waals surface area (Å²) < 4.78 is 0. The summed E-state index contributed by atoms with van der Waals surface area (Å²) >= 11 is 0. The molecule has 1 aromatic carbocycles. The van der Waals surface area contributed by atoms with Crippen LogP contribution in [0.25, 0.3) is 0 Å². The van der Waals surface area contributed by atoms with Crippen molar-refractivity contribution in [2.24, 2.45) is 17.1 Å². The maximum Gasteiger partial charge on any atom is 0.228 e. The molecule has 0 aromatic heterocycles. The molecule has 3 rings (SSSR count). The lowest BCUT2D eigenvalue weighted by atomic mass is 9.70. The van der Waals surface area contributed by atoms with Crippen molar-refractivity contribution >= 4 is 11.6 Å². The predicted molar refractivity (Wildman–Crippen MR) is 86.1 cm³/mol. The van der Waals surface area contributed by atoms with Crippen molar-refractivity contribution in [3.8, 4) is 0 Å².